The topological polar surface area (TPSA) is 190 Å². The minimum Gasteiger partial charge on any atom is -0.378 e. The Kier molecular flexibility index (Phi) is 12.4. The minimum absolute atomic E-state index is 0.00769. The highest BCUT2D eigenvalue weighted by Crippen LogP contribution is 2.30. The first-order valence-electron chi connectivity index (χ1n) is 18.6. The second kappa shape index (κ2) is 17.3. The summed E-state index contributed by atoms with van der Waals surface area (Å²) in [5.41, 5.74) is 2.15. The van der Waals surface area contributed by atoms with Gasteiger partial charge in [-0.2, -0.15) is 71.7 Å². The van der Waals surface area contributed by atoms with Gasteiger partial charge in [0.25, 0.3) is 5.91 Å². The molecule has 330 valence electrons. The third kappa shape index (κ3) is 10.3. The molecule has 0 spiro atoms. The monoisotopic (exact) mass is 906 g/mol. The zero-order valence-electron chi connectivity index (χ0n) is 31.8. The third-order valence-corrected chi connectivity index (χ3v) is 12.5. The summed E-state index contributed by atoms with van der Waals surface area (Å²) >= 11 is 0. The Labute approximate surface area is 343 Å². The van der Waals surface area contributed by atoms with Crippen LogP contribution in [0.2, 0.25) is 0 Å². The van der Waals surface area contributed by atoms with Gasteiger partial charge in [-0.05, 0) is 43.9 Å². The largest absolute Gasteiger partial charge is 0.408 e. The Bertz CT molecular complexity index is 2540. The lowest BCUT2D eigenvalue weighted by atomic mass is 10.1. The molecule has 7 heterocycles. The van der Waals surface area contributed by atoms with Gasteiger partial charge < -0.3 is 19.7 Å². The van der Waals surface area contributed by atoms with Gasteiger partial charge in [-0.1, -0.05) is 18.2 Å². The molecular weight excluding hydrogens is 870 g/mol. The molecule has 17 nitrogen and oxygen atoms in total. The molecule has 3 aliphatic heterocycles. The number of aromatic nitrogens is 8. The molecule has 8 rings (SSSR count). The van der Waals surface area contributed by atoms with Crippen molar-refractivity contribution < 1.29 is 61.8 Å². The van der Waals surface area contributed by atoms with Crippen LogP contribution in [0.4, 0.5) is 30.7 Å². The fourth-order valence-electron chi connectivity index (χ4n) is 6.76. The number of benzene rings is 1. The predicted molar refractivity (Wildman–Crippen MR) is 194 cm³/mol. The van der Waals surface area contributed by atoms with E-state index < -0.39 is 73.4 Å². The maximum Gasteiger partial charge on any atom is 0.408 e. The van der Waals surface area contributed by atoms with Gasteiger partial charge in [0.15, 0.2) is 16.2 Å². The van der Waals surface area contributed by atoms with Crippen molar-refractivity contribution in [1.29, 1.82) is 0 Å². The van der Waals surface area contributed by atoms with E-state index in [2.05, 4.69) is 25.7 Å². The summed E-state index contributed by atoms with van der Waals surface area (Å²) in [6.07, 6.45) is -2.31. The van der Waals surface area contributed by atoms with Gasteiger partial charge in [0, 0.05) is 67.7 Å². The van der Waals surface area contributed by atoms with Gasteiger partial charge in [-0.3, -0.25) is 14.2 Å². The Balaban J connectivity index is 0.000000224. The molecule has 1 amide bonds. The van der Waals surface area contributed by atoms with Crippen molar-refractivity contribution in [3.05, 3.63) is 95.1 Å². The highest BCUT2D eigenvalue weighted by molar-refractivity contribution is 7.90. The number of halogens is 7. The molecule has 2 unspecified atom stereocenters. The van der Waals surface area contributed by atoms with Gasteiger partial charge in [-0.25, -0.2) is 4.39 Å². The van der Waals surface area contributed by atoms with E-state index in [1.165, 1.54) is 35.5 Å². The van der Waals surface area contributed by atoms with Crippen molar-refractivity contribution in [3.63, 3.8) is 0 Å². The van der Waals surface area contributed by atoms with Crippen molar-refractivity contribution in [3.8, 4) is 0 Å². The highest BCUT2D eigenvalue weighted by atomic mass is 32.2. The number of carbonyl (C=O) groups is 1. The molecule has 61 heavy (non-hydrogen) atoms. The number of fused-ring (bicyclic) bond motifs is 2. The van der Waals surface area contributed by atoms with Crippen molar-refractivity contribution in [2.45, 2.75) is 99.6 Å². The SMILES string of the molecule is O=C(C(OCCC1CCCCO1)c1ccccc1F)N1Cc2cn(S(=O)(=O)c3ccn(CC(F)(F)F)n3)nc2C1.O=S(=O)(c1ccn(CC(F)(F)F)n1)n1cc2c(n1)CNC2. The summed E-state index contributed by atoms with van der Waals surface area (Å²) in [7, 11) is -8.43. The van der Waals surface area contributed by atoms with E-state index in [4.69, 9.17) is 9.47 Å². The Hall–Kier alpha value is -5.18. The van der Waals surface area contributed by atoms with Crippen LogP contribution < -0.4 is 5.32 Å². The highest BCUT2D eigenvalue weighted by Gasteiger charge is 2.36. The molecule has 0 saturated carbocycles. The van der Waals surface area contributed by atoms with Crippen molar-refractivity contribution in [1.82, 2.24) is 48.1 Å². The van der Waals surface area contributed by atoms with E-state index in [0.29, 0.717) is 50.8 Å². The fourth-order valence-corrected chi connectivity index (χ4v) is 8.97. The van der Waals surface area contributed by atoms with Crippen LogP contribution in [0.1, 0.15) is 59.9 Å². The maximum absolute atomic E-state index is 14.7. The van der Waals surface area contributed by atoms with Gasteiger partial charge in [0.1, 0.15) is 18.9 Å². The van der Waals surface area contributed by atoms with Crippen LogP contribution >= 0.6 is 0 Å². The molecule has 26 heteroatoms. The fraction of sp³-hybridized carbons (Fsp3) is 0.457. The number of alkyl halides is 6. The lowest BCUT2D eigenvalue weighted by molar-refractivity contribution is -0.146. The number of amides is 1. The predicted octanol–water partition coefficient (Wildman–Crippen LogP) is 4.06. The molecule has 4 aromatic heterocycles. The number of hydrogen-bond donors (Lipinski definition) is 1. The smallest absolute Gasteiger partial charge is 0.378 e. The summed E-state index contributed by atoms with van der Waals surface area (Å²) in [6, 6.07) is 7.82. The number of ether oxygens (including phenoxy) is 2. The normalized spacial score (nSPS) is 17.5. The Morgan fingerprint density at radius 3 is 1.97 bits per heavy atom. The van der Waals surface area contributed by atoms with E-state index in [-0.39, 0.29) is 37.1 Å². The third-order valence-electron chi connectivity index (χ3n) is 9.68. The molecule has 0 aliphatic carbocycles. The number of nitrogens with zero attached hydrogens (tertiary/aromatic N) is 9. The van der Waals surface area contributed by atoms with Crippen LogP contribution in [0.3, 0.4) is 0 Å². The molecular formula is C35H37F7N10O7S2. The van der Waals surface area contributed by atoms with E-state index >= 15 is 0 Å². The van der Waals surface area contributed by atoms with Crippen LogP contribution in [0.25, 0.3) is 0 Å². The van der Waals surface area contributed by atoms with Crippen LogP contribution in [0.5, 0.6) is 0 Å². The van der Waals surface area contributed by atoms with Gasteiger partial charge in [0.2, 0.25) is 0 Å². The van der Waals surface area contributed by atoms with E-state index in [0.717, 1.165) is 53.4 Å². The van der Waals surface area contributed by atoms with Crippen molar-refractivity contribution in [2.24, 2.45) is 0 Å². The molecule has 0 bridgehead atoms. The first-order valence-corrected chi connectivity index (χ1v) is 21.5. The number of nitrogens with one attached hydrogen (secondary N) is 1. The maximum atomic E-state index is 14.7. The van der Waals surface area contributed by atoms with Gasteiger partial charge in [-0.15, -0.1) is 0 Å². The first kappa shape index (κ1) is 43.9. The van der Waals surface area contributed by atoms with E-state index in [1.807, 2.05) is 0 Å². The van der Waals surface area contributed by atoms with Crippen LogP contribution in [0.15, 0.2) is 71.2 Å². The summed E-state index contributed by atoms with van der Waals surface area (Å²) in [6.45, 7) is -1.02. The zero-order chi connectivity index (χ0) is 43.7. The lowest BCUT2D eigenvalue weighted by Gasteiger charge is -2.26. The van der Waals surface area contributed by atoms with E-state index in [1.54, 1.807) is 6.07 Å². The van der Waals surface area contributed by atoms with Gasteiger partial charge >= 0.3 is 32.4 Å². The van der Waals surface area contributed by atoms with Crippen LogP contribution in [-0.4, -0.2) is 97.2 Å². The zero-order valence-corrected chi connectivity index (χ0v) is 33.4. The molecule has 2 atom stereocenters. The molecule has 5 aromatic rings. The minimum atomic E-state index is -4.57. The first-order chi connectivity index (χ1) is 28.8. The Morgan fingerprint density at radius 2 is 1.41 bits per heavy atom. The summed E-state index contributed by atoms with van der Waals surface area (Å²) in [4.78, 5) is 14.9. The number of rotatable bonds is 12. The number of carbonyl (C=O) groups excluding carboxylic acids is 1. The lowest BCUT2D eigenvalue weighted by Crippen LogP contribution is -2.33. The molecule has 1 saturated heterocycles. The molecule has 3 aliphatic rings. The van der Waals surface area contributed by atoms with Crippen molar-refractivity contribution in [2.75, 3.05) is 13.2 Å². The molecule has 1 fully saturated rings. The molecule has 0 radical (unpaired) electrons. The summed E-state index contributed by atoms with van der Waals surface area (Å²) in [5, 5.41) is 16.9. The van der Waals surface area contributed by atoms with Gasteiger partial charge in [0.05, 0.1) is 30.6 Å². The second-order valence-electron chi connectivity index (χ2n) is 14.2. The number of hydrogen-bond acceptors (Lipinski definition) is 12. The van der Waals surface area contributed by atoms with Crippen LogP contribution in [0, 0.1) is 5.82 Å². The molecule has 1 N–H and O–H groups in total. The second-order valence-corrected chi connectivity index (χ2v) is 17.7. The van der Waals surface area contributed by atoms with Crippen LogP contribution in [-0.2, 0) is 73.6 Å². The standard InChI is InChI=1S/C25H27F4N5O5S.C10H10F3N5O2S/c26-20-7-2-1-6-19(20)23(39-12-9-18-5-3-4-11-38-18)24(35)32-13-17-14-34(30-21(17)15-32)40(36,37)22-8-10-33(31-22)16-25(27,28)29;11-10(12,13)6-17-2-1-9(16-17)21(19,20)18-5-7-3-14-4-8(7)15-18/h1-2,6-8,10,14,18,23H,3-5,9,11-13,15-16H2;1-2,5,14H,3-4,6H2. The average molecular weight is 907 g/mol. The summed E-state index contributed by atoms with van der Waals surface area (Å²) in [5.74, 6) is -1.10. The Morgan fingerprint density at radius 1 is 0.803 bits per heavy atom. The molecule has 1 aromatic carbocycles. The summed E-state index contributed by atoms with van der Waals surface area (Å²) < 4.78 is 154. The van der Waals surface area contributed by atoms with E-state index in [9.17, 15) is 52.4 Å². The average Bonchev–Trinajstić information content (AvgIpc) is 4.03. The quantitative estimate of drug-likeness (QED) is 0.177. The van der Waals surface area contributed by atoms with Crippen molar-refractivity contribution >= 4 is 26.0 Å².